The number of carbonyl (C=O) groups excluding carboxylic acids is 1. The largest absolute Gasteiger partial charge is 0.354 e. The topological polar surface area (TPSA) is 55.1 Å². The maximum Gasteiger partial charge on any atom is 0.240 e. The van der Waals surface area contributed by atoms with Crippen LogP contribution in [-0.4, -0.2) is 18.0 Å². The second-order valence-electron chi connectivity index (χ2n) is 5.70. The molecule has 1 aliphatic carbocycles. The standard InChI is InChI=1S/C14H28N2O/c1-4-14(15,5-2)13(17)16-10-12-8-6-11(3)7-9-12/h11-12H,4-10,15H2,1-3H3,(H,16,17). The Morgan fingerprint density at radius 1 is 1.24 bits per heavy atom. The second-order valence-corrected chi connectivity index (χ2v) is 5.70. The third-order valence-corrected chi connectivity index (χ3v) is 4.40. The van der Waals surface area contributed by atoms with Crippen LogP contribution in [0.1, 0.15) is 59.3 Å². The Hall–Kier alpha value is -0.570. The van der Waals surface area contributed by atoms with Gasteiger partial charge in [-0.25, -0.2) is 0 Å². The highest BCUT2D eigenvalue weighted by molar-refractivity contribution is 5.85. The maximum absolute atomic E-state index is 12.0. The Morgan fingerprint density at radius 3 is 2.24 bits per heavy atom. The van der Waals surface area contributed by atoms with Crippen LogP contribution in [-0.2, 0) is 4.79 Å². The lowest BCUT2D eigenvalue weighted by Crippen LogP contribution is -2.54. The number of hydrogen-bond acceptors (Lipinski definition) is 2. The van der Waals surface area contributed by atoms with Crippen LogP contribution in [0.3, 0.4) is 0 Å². The summed E-state index contributed by atoms with van der Waals surface area (Å²) in [6, 6.07) is 0. The molecule has 100 valence electrons. The first-order valence-corrected chi connectivity index (χ1v) is 7.09. The summed E-state index contributed by atoms with van der Waals surface area (Å²) in [6.07, 6.45) is 6.51. The lowest BCUT2D eigenvalue weighted by Gasteiger charge is -2.29. The third kappa shape index (κ3) is 3.98. The van der Waals surface area contributed by atoms with Gasteiger partial charge in [0, 0.05) is 6.54 Å². The average Bonchev–Trinajstić information content (AvgIpc) is 2.36. The van der Waals surface area contributed by atoms with Gasteiger partial charge >= 0.3 is 0 Å². The fourth-order valence-corrected chi connectivity index (χ4v) is 2.52. The van der Waals surface area contributed by atoms with E-state index in [1.165, 1.54) is 25.7 Å². The van der Waals surface area contributed by atoms with Crippen molar-refractivity contribution in [3.8, 4) is 0 Å². The second kappa shape index (κ2) is 6.39. The Labute approximate surface area is 106 Å². The van der Waals surface area contributed by atoms with E-state index in [1.54, 1.807) is 0 Å². The van der Waals surface area contributed by atoms with Crippen molar-refractivity contribution in [3.05, 3.63) is 0 Å². The van der Waals surface area contributed by atoms with Gasteiger partial charge in [-0.1, -0.05) is 33.6 Å². The fourth-order valence-electron chi connectivity index (χ4n) is 2.52. The molecule has 0 heterocycles. The summed E-state index contributed by atoms with van der Waals surface area (Å²) in [4.78, 5) is 12.0. The predicted octanol–water partition coefficient (Wildman–Crippen LogP) is 2.45. The van der Waals surface area contributed by atoms with Gasteiger partial charge in [-0.2, -0.15) is 0 Å². The summed E-state index contributed by atoms with van der Waals surface area (Å²) < 4.78 is 0. The Balaban J connectivity index is 2.33. The predicted molar refractivity (Wildman–Crippen MR) is 71.6 cm³/mol. The monoisotopic (exact) mass is 240 g/mol. The number of nitrogens with two attached hydrogens (primary N) is 1. The van der Waals surface area contributed by atoms with E-state index in [9.17, 15) is 4.79 Å². The maximum atomic E-state index is 12.0. The highest BCUT2D eigenvalue weighted by Gasteiger charge is 2.30. The van der Waals surface area contributed by atoms with Crippen molar-refractivity contribution in [2.24, 2.45) is 17.6 Å². The number of nitrogens with one attached hydrogen (secondary N) is 1. The molecule has 0 unspecified atom stereocenters. The zero-order chi connectivity index (χ0) is 12.9. The zero-order valence-electron chi connectivity index (χ0n) is 11.6. The molecule has 1 aliphatic rings. The first-order valence-electron chi connectivity index (χ1n) is 7.09. The normalized spacial score (nSPS) is 25.6. The van der Waals surface area contributed by atoms with Crippen molar-refractivity contribution in [1.82, 2.24) is 5.32 Å². The lowest BCUT2D eigenvalue weighted by atomic mass is 9.83. The first-order chi connectivity index (χ1) is 8.01. The van der Waals surface area contributed by atoms with Gasteiger partial charge in [-0.15, -0.1) is 0 Å². The van der Waals surface area contributed by atoms with E-state index in [0.717, 1.165) is 12.5 Å². The molecule has 0 aliphatic heterocycles. The van der Waals surface area contributed by atoms with Gasteiger partial charge in [-0.05, 0) is 37.5 Å². The first kappa shape index (κ1) is 14.5. The van der Waals surface area contributed by atoms with Crippen LogP contribution in [0.2, 0.25) is 0 Å². The van der Waals surface area contributed by atoms with Gasteiger partial charge in [-0.3, -0.25) is 4.79 Å². The summed E-state index contributed by atoms with van der Waals surface area (Å²) in [6.45, 7) is 7.08. The van der Waals surface area contributed by atoms with Crippen molar-refractivity contribution < 1.29 is 4.79 Å². The molecule has 0 radical (unpaired) electrons. The molecule has 3 heteroatoms. The van der Waals surface area contributed by atoms with Crippen molar-refractivity contribution in [2.75, 3.05) is 6.54 Å². The van der Waals surface area contributed by atoms with Crippen LogP contribution >= 0.6 is 0 Å². The van der Waals surface area contributed by atoms with E-state index in [-0.39, 0.29) is 5.91 Å². The van der Waals surface area contributed by atoms with Gasteiger partial charge in [0.15, 0.2) is 0 Å². The molecule has 0 saturated heterocycles. The van der Waals surface area contributed by atoms with Crippen LogP contribution in [0.4, 0.5) is 0 Å². The third-order valence-electron chi connectivity index (χ3n) is 4.40. The molecule has 1 amide bonds. The van der Waals surface area contributed by atoms with Crippen LogP contribution in [0.25, 0.3) is 0 Å². The zero-order valence-corrected chi connectivity index (χ0v) is 11.6. The quantitative estimate of drug-likeness (QED) is 0.775. The van der Waals surface area contributed by atoms with E-state index in [1.807, 2.05) is 13.8 Å². The van der Waals surface area contributed by atoms with Crippen LogP contribution < -0.4 is 11.1 Å². The SMILES string of the molecule is CCC(N)(CC)C(=O)NCC1CCC(C)CC1. The summed E-state index contributed by atoms with van der Waals surface area (Å²) >= 11 is 0. The summed E-state index contributed by atoms with van der Waals surface area (Å²) in [5.41, 5.74) is 5.40. The molecule has 0 aromatic heterocycles. The smallest absolute Gasteiger partial charge is 0.240 e. The van der Waals surface area contributed by atoms with Crippen LogP contribution in [0.15, 0.2) is 0 Å². The molecule has 0 aromatic carbocycles. The van der Waals surface area contributed by atoms with E-state index in [2.05, 4.69) is 12.2 Å². The Morgan fingerprint density at radius 2 is 1.76 bits per heavy atom. The minimum Gasteiger partial charge on any atom is -0.354 e. The molecule has 0 atom stereocenters. The van der Waals surface area contributed by atoms with Crippen molar-refractivity contribution in [1.29, 1.82) is 0 Å². The van der Waals surface area contributed by atoms with Crippen molar-refractivity contribution in [2.45, 2.75) is 64.8 Å². The van der Waals surface area contributed by atoms with Gasteiger partial charge in [0.05, 0.1) is 5.54 Å². The van der Waals surface area contributed by atoms with Gasteiger partial charge in [0.1, 0.15) is 0 Å². The molecule has 1 saturated carbocycles. The summed E-state index contributed by atoms with van der Waals surface area (Å²) in [7, 11) is 0. The van der Waals surface area contributed by atoms with Gasteiger partial charge in [0.2, 0.25) is 5.91 Å². The molecule has 0 aromatic rings. The van der Waals surface area contributed by atoms with Gasteiger partial charge in [0.25, 0.3) is 0 Å². The van der Waals surface area contributed by atoms with Crippen LogP contribution in [0, 0.1) is 11.8 Å². The number of carbonyl (C=O) groups is 1. The summed E-state index contributed by atoms with van der Waals surface area (Å²) in [5.74, 6) is 1.55. The highest BCUT2D eigenvalue weighted by atomic mass is 16.2. The number of hydrogen-bond donors (Lipinski definition) is 2. The molecule has 1 fully saturated rings. The number of rotatable bonds is 5. The molecular formula is C14H28N2O. The molecule has 3 nitrogen and oxygen atoms in total. The fraction of sp³-hybridized carbons (Fsp3) is 0.929. The molecule has 1 rings (SSSR count). The highest BCUT2D eigenvalue weighted by Crippen LogP contribution is 2.27. The van der Waals surface area contributed by atoms with Crippen molar-refractivity contribution >= 4 is 5.91 Å². The van der Waals surface area contributed by atoms with E-state index < -0.39 is 5.54 Å². The molecule has 0 bridgehead atoms. The van der Waals surface area contributed by atoms with Gasteiger partial charge < -0.3 is 11.1 Å². The average molecular weight is 240 g/mol. The minimum absolute atomic E-state index is 0.0288. The molecular weight excluding hydrogens is 212 g/mol. The van der Waals surface area contributed by atoms with Crippen LogP contribution in [0.5, 0.6) is 0 Å². The summed E-state index contributed by atoms with van der Waals surface area (Å²) in [5, 5.41) is 3.05. The van der Waals surface area contributed by atoms with E-state index in [0.29, 0.717) is 18.8 Å². The minimum atomic E-state index is -0.665. The lowest BCUT2D eigenvalue weighted by molar-refractivity contribution is -0.126. The van der Waals surface area contributed by atoms with E-state index in [4.69, 9.17) is 5.73 Å². The molecule has 17 heavy (non-hydrogen) atoms. The Bertz CT molecular complexity index is 241. The molecule has 0 spiro atoms. The Kier molecular flexibility index (Phi) is 5.44. The van der Waals surface area contributed by atoms with E-state index >= 15 is 0 Å². The van der Waals surface area contributed by atoms with Crippen molar-refractivity contribution in [3.63, 3.8) is 0 Å². The number of amides is 1. The molecule has 3 N–H and O–H groups in total.